The van der Waals surface area contributed by atoms with Gasteiger partial charge in [-0.1, -0.05) is 6.42 Å². The van der Waals surface area contributed by atoms with E-state index in [1.807, 2.05) is 6.07 Å². The lowest BCUT2D eigenvalue weighted by Gasteiger charge is -2.05. The third-order valence-corrected chi connectivity index (χ3v) is 7.01. The molecule has 0 spiro atoms. The highest BCUT2D eigenvalue weighted by atomic mass is 32.1. The Labute approximate surface area is 187 Å². The molecular formula is C22H22FN3O3S2. The monoisotopic (exact) mass is 459 g/mol. The molecule has 0 fully saturated rings. The Hall–Kier alpha value is -2.78. The minimum atomic E-state index is -0.345. The lowest BCUT2D eigenvalue weighted by molar-refractivity contribution is -0.121. The van der Waals surface area contributed by atoms with Crippen LogP contribution < -0.4 is 15.6 Å². The Morgan fingerprint density at radius 3 is 2.74 bits per heavy atom. The molecule has 2 N–H and O–H groups in total. The number of carbonyl (C=O) groups is 2. The zero-order valence-electron chi connectivity index (χ0n) is 16.8. The fraction of sp³-hybridized carbons (Fsp3) is 0.318. The fourth-order valence-corrected chi connectivity index (χ4v) is 5.20. The van der Waals surface area contributed by atoms with E-state index in [4.69, 9.17) is 4.74 Å². The molecule has 1 aliphatic carbocycles. The summed E-state index contributed by atoms with van der Waals surface area (Å²) in [6.45, 7) is 0.234. The van der Waals surface area contributed by atoms with E-state index >= 15 is 0 Å². The molecule has 0 radical (unpaired) electrons. The van der Waals surface area contributed by atoms with Gasteiger partial charge in [-0.05, 0) is 61.6 Å². The van der Waals surface area contributed by atoms with Crippen molar-refractivity contribution in [3.8, 4) is 5.75 Å². The molecule has 1 aromatic carbocycles. The number of nitrogens with one attached hydrogen (secondary N) is 2. The highest BCUT2D eigenvalue weighted by molar-refractivity contribution is 7.14. The molecule has 0 saturated carbocycles. The molecule has 2 aromatic heterocycles. The molecule has 2 heterocycles. The number of ether oxygens (including phenoxy) is 1. The number of benzene rings is 1. The number of halogens is 1. The average Bonchev–Trinajstić information content (AvgIpc) is 3.32. The molecule has 4 rings (SSSR count). The topological polar surface area (TPSA) is 80.3 Å². The summed E-state index contributed by atoms with van der Waals surface area (Å²) in [6, 6.07) is 7.69. The van der Waals surface area contributed by atoms with Crippen LogP contribution in [0.25, 0.3) is 0 Å². The molecule has 2 amide bonds. The molecule has 0 bridgehead atoms. The lowest BCUT2D eigenvalue weighted by Crippen LogP contribution is -2.42. The number of fused-ring (bicyclic) bond motifs is 1. The van der Waals surface area contributed by atoms with Crippen molar-refractivity contribution in [3.63, 3.8) is 0 Å². The van der Waals surface area contributed by atoms with Crippen molar-refractivity contribution in [2.45, 2.75) is 45.1 Å². The quantitative estimate of drug-likeness (QED) is 0.428. The van der Waals surface area contributed by atoms with Crippen molar-refractivity contribution in [2.75, 3.05) is 0 Å². The van der Waals surface area contributed by atoms with Crippen LogP contribution in [0.4, 0.5) is 4.39 Å². The Morgan fingerprint density at radius 2 is 1.90 bits per heavy atom. The van der Waals surface area contributed by atoms with Crippen molar-refractivity contribution in [3.05, 3.63) is 67.5 Å². The third kappa shape index (κ3) is 5.89. The van der Waals surface area contributed by atoms with Crippen LogP contribution in [-0.2, 0) is 30.7 Å². The van der Waals surface area contributed by atoms with E-state index in [0.29, 0.717) is 21.3 Å². The van der Waals surface area contributed by atoms with E-state index in [2.05, 4.69) is 15.8 Å². The molecule has 0 aliphatic heterocycles. The number of hydrogen-bond acceptors (Lipinski definition) is 6. The normalized spacial score (nSPS) is 13.2. The van der Waals surface area contributed by atoms with Gasteiger partial charge in [0.1, 0.15) is 23.2 Å². The molecule has 1 aliphatic rings. The van der Waals surface area contributed by atoms with Gasteiger partial charge < -0.3 is 4.74 Å². The second-order valence-corrected chi connectivity index (χ2v) is 9.35. The van der Waals surface area contributed by atoms with Crippen LogP contribution in [0.1, 0.15) is 50.1 Å². The maximum absolute atomic E-state index is 12.9. The van der Waals surface area contributed by atoms with Gasteiger partial charge in [0.15, 0.2) is 0 Å². The Morgan fingerprint density at radius 1 is 1.10 bits per heavy atom. The van der Waals surface area contributed by atoms with Gasteiger partial charge in [0.25, 0.3) is 5.91 Å². The first-order valence-electron chi connectivity index (χ1n) is 10.1. The van der Waals surface area contributed by atoms with Gasteiger partial charge in [-0.3, -0.25) is 20.4 Å². The summed E-state index contributed by atoms with van der Waals surface area (Å²) >= 11 is 2.89. The van der Waals surface area contributed by atoms with Crippen LogP contribution in [-0.4, -0.2) is 16.8 Å². The van der Waals surface area contributed by atoms with Gasteiger partial charge in [-0.15, -0.1) is 22.7 Å². The smallest absolute Gasteiger partial charge is 0.279 e. The Kier molecular flexibility index (Phi) is 6.93. The van der Waals surface area contributed by atoms with Crippen molar-refractivity contribution in [1.29, 1.82) is 0 Å². The van der Waals surface area contributed by atoms with Crippen LogP contribution in [0.2, 0.25) is 0 Å². The van der Waals surface area contributed by atoms with E-state index in [1.165, 1.54) is 51.7 Å². The van der Waals surface area contributed by atoms with Crippen LogP contribution >= 0.6 is 22.7 Å². The molecule has 0 unspecified atom stereocenters. The molecule has 3 aromatic rings. The van der Waals surface area contributed by atoms with Crippen LogP contribution in [0.5, 0.6) is 5.75 Å². The van der Waals surface area contributed by atoms with Crippen LogP contribution in [0.15, 0.2) is 35.7 Å². The summed E-state index contributed by atoms with van der Waals surface area (Å²) < 4.78 is 18.5. The van der Waals surface area contributed by atoms with Crippen LogP contribution in [0, 0.1) is 5.82 Å². The zero-order valence-corrected chi connectivity index (χ0v) is 18.4. The van der Waals surface area contributed by atoms with Crippen LogP contribution in [0.3, 0.4) is 0 Å². The first kappa shape index (κ1) is 21.5. The first-order valence-corrected chi connectivity index (χ1v) is 11.8. The summed E-state index contributed by atoms with van der Waals surface area (Å²) in [5.41, 5.74) is 6.81. The van der Waals surface area contributed by atoms with E-state index in [0.717, 1.165) is 25.7 Å². The zero-order chi connectivity index (χ0) is 21.6. The molecule has 31 heavy (non-hydrogen) atoms. The number of hydrazine groups is 1. The van der Waals surface area contributed by atoms with Gasteiger partial charge in [0.2, 0.25) is 5.91 Å². The second-order valence-electron chi connectivity index (χ2n) is 7.27. The van der Waals surface area contributed by atoms with Crippen molar-refractivity contribution in [2.24, 2.45) is 0 Å². The predicted octanol–water partition coefficient (Wildman–Crippen LogP) is 4.20. The van der Waals surface area contributed by atoms with Gasteiger partial charge in [0, 0.05) is 10.3 Å². The maximum Gasteiger partial charge on any atom is 0.279 e. The van der Waals surface area contributed by atoms with Crippen molar-refractivity contribution >= 4 is 34.5 Å². The van der Waals surface area contributed by atoms with Gasteiger partial charge >= 0.3 is 0 Å². The number of thiazole rings is 1. The lowest BCUT2D eigenvalue weighted by atomic mass is 10.1. The summed E-state index contributed by atoms with van der Waals surface area (Å²) in [4.78, 5) is 30.8. The third-order valence-electron chi connectivity index (χ3n) is 4.90. The number of thiophene rings is 1. The van der Waals surface area contributed by atoms with Crippen molar-refractivity contribution < 1.29 is 18.7 Å². The fourth-order valence-electron chi connectivity index (χ4n) is 3.35. The minimum absolute atomic E-state index is 0.0499. The number of rotatable bonds is 6. The van der Waals surface area contributed by atoms with E-state index in [9.17, 15) is 14.0 Å². The summed E-state index contributed by atoms with van der Waals surface area (Å²) in [5.74, 6) is -0.415. The van der Waals surface area contributed by atoms with E-state index < -0.39 is 0 Å². The maximum atomic E-state index is 12.9. The SMILES string of the molecule is O=C(Cc1csc(COc2ccc(F)cc2)n1)NNC(=O)c1cc2c(s1)CCCCC2. The van der Waals surface area contributed by atoms with Gasteiger partial charge in [-0.2, -0.15) is 0 Å². The minimum Gasteiger partial charge on any atom is -0.486 e. The van der Waals surface area contributed by atoms with Gasteiger partial charge in [-0.25, -0.2) is 9.37 Å². The standard InChI is InChI=1S/C22H22FN3O3S2/c23-15-6-8-17(9-7-15)29-12-21-24-16(13-30-21)11-20(27)25-26-22(28)19-10-14-4-2-1-3-5-18(14)31-19/h6-10,13H,1-5,11-12H2,(H,25,27)(H,26,28). The first-order chi connectivity index (χ1) is 15.1. The van der Waals surface area contributed by atoms with Gasteiger partial charge in [0.05, 0.1) is 17.0 Å². The summed E-state index contributed by atoms with van der Waals surface area (Å²) in [5, 5.41) is 2.48. The van der Waals surface area contributed by atoms with Crippen molar-refractivity contribution in [1.82, 2.24) is 15.8 Å². The van der Waals surface area contributed by atoms with E-state index in [1.54, 1.807) is 17.5 Å². The molecule has 0 atom stereocenters. The number of carbonyl (C=O) groups excluding carboxylic acids is 2. The average molecular weight is 460 g/mol. The summed E-state index contributed by atoms with van der Waals surface area (Å²) in [6.07, 6.45) is 5.64. The molecule has 0 saturated heterocycles. The number of amides is 2. The molecular weight excluding hydrogens is 437 g/mol. The Balaban J connectivity index is 1.23. The largest absolute Gasteiger partial charge is 0.486 e. The number of aryl methyl sites for hydroxylation is 2. The molecule has 9 heteroatoms. The second kappa shape index (κ2) is 10.0. The predicted molar refractivity (Wildman–Crippen MR) is 118 cm³/mol. The van der Waals surface area contributed by atoms with E-state index in [-0.39, 0.29) is 30.7 Å². The molecule has 6 nitrogen and oxygen atoms in total. The number of nitrogens with zero attached hydrogens (tertiary/aromatic N) is 1. The number of aromatic nitrogens is 1. The highest BCUT2D eigenvalue weighted by Crippen LogP contribution is 2.28. The Bertz CT molecular complexity index is 1040. The summed E-state index contributed by atoms with van der Waals surface area (Å²) in [7, 11) is 0. The highest BCUT2D eigenvalue weighted by Gasteiger charge is 2.17. The molecule has 162 valence electrons. The number of hydrogen-bond donors (Lipinski definition) is 2.